The van der Waals surface area contributed by atoms with E-state index in [0.717, 1.165) is 24.5 Å². The second-order valence-electron chi connectivity index (χ2n) is 3.55. The van der Waals surface area contributed by atoms with Gasteiger partial charge in [-0.3, -0.25) is 0 Å². The Kier molecular flexibility index (Phi) is 2.17. The maximum atomic E-state index is 4.27. The molecular weight excluding hydrogens is 162 g/mol. The molecule has 0 amide bonds. The summed E-state index contributed by atoms with van der Waals surface area (Å²) >= 11 is 0. The molecule has 3 heteroatoms. The molecule has 0 spiro atoms. The largest absolute Gasteiger partial charge is 0.354 e. The lowest BCUT2D eigenvalue weighted by molar-refractivity contribution is 0.475. The van der Waals surface area contributed by atoms with Crippen molar-refractivity contribution in [2.24, 2.45) is 0 Å². The van der Waals surface area contributed by atoms with E-state index < -0.39 is 0 Å². The molecule has 0 saturated carbocycles. The summed E-state index contributed by atoms with van der Waals surface area (Å²) in [6.07, 6.45) is 3.93. The van der Waals surface area contributed by atoms with Crippen LogP contribution in [0.2, 0.25) is 0 Å². The normalized spacial score (nSPS) is 21.4. The zero-order valence-corrected chi connectivity index (χ0v) is 8.20. The van der Waals surface area contributed by atoms with E-state index in [9.17, 15) is 0 Å². The summed E-state index contributed by atoms with van der Waals surface area (Å²) in [5.74, 6) is 1.09. The minimum absolute atomic E-state index is 0.652. The molecule has 0 aliphatic carbocycles. The predicted molar refractivity (Wildman–Crippen MR) is 52.8 cm³/mol. The first-order valence-corrected chi connectivity index (χ1v) is 4.89. The number of aromatic nitrogens is 2. The first kappa shape index (κ1) is 8.48. The SMILES string of the molecule is CCc1cc(N2CCC2C)ncn1. The standard InChI is InChI=1S/C10H15N3/c1-3-9-6-10(12-7-11-9)13-5-4-8(13)2/h6-8H,3-5H2,1-2H3. The van der Waals surface area contributed by atoms with Crippen molar-refractivity contribution in [2.75, 3.05) is 11.4 Å². The number of anilines is 1. The second-order valence-corrected chi connectivity index (χ2v) is 3.55. The van der Waals surface area contributed by atoms with Gasteiger partial charge < -0.3 is 4.90 Å². The Bertz CT molecular complexity index is 298. The highest BCUT2D eigenvalue weighted by molar-refractivity contribution is 5.42. The quantitative estimate of drug-likeness (QED) is 0.687. The van der Waals surface area contributed by atoms with E-state index in [0.29, 0.717) is 6.04 Å². The lowest BCUT2D eigenvalue weighted by Gasteiger charge is -2.39. The van der Waals surface area contributed by atoms with Crippen molar-refractivity contribution in [3.05, 3.63) is 18.1 Å². The minimum atomic E-state index is 0.652. The van der Waals surface area contributed by atoms with Gasteiger partial charge in [0.25, 0.3) is 0 Å². The Labute approximate surface area is 78.8 Å². The number of rotatable bonds is 2. The van der Waals surface area contributed by atoms with Gasteiger partial charge in [0.1, 0.15) is 12.1 Å². The van der Waals surface area contributed by atoms with Gasteiger partial charge in [0, 0.05) is 24.3 Å². The topological polar surface area (TPSA) is 29.0 Å². The molecule has 1 saturated heterocycles. The van der Waals surface area contributed by atoms with Gasteiger partial charge in [-0.2, -0.15) is 0 Å². The molecule has 2 heterocycles. The maximum Gasteiger partial charge on any atom is 0.132 e. The highest BCUT2D eigenvalue weighted by Crippen LogP contribution is 2.23. The molecule has 1 aromatic rings. The van der Waals surface area contributed by atoms with Crippen molar-refractivity contribution in [1.82, 2.24) is 9.97 Å². The Balaban J connectivity index is 2.20. The fourth-order valence-electron chi connectivity index (χ4n) is 1.59. The van der Waals surface area contributed by atoms with Crippen LogP contribution in [0.3, 0.4) is 0 Å². The highest BCUT2D eigenvalue weighted by atomic mass is 15.3. The van der Waals surface area contributed by atoms with Crippen LogP contribution in [0.4, 0.5) is 5.82 Å². The average Bonchev–Trinajstić information content (AvgIpc) is 2.16. The molecule has 0 aromatic carbocycles. The second kappa shape index (κ2) is 3.32. The molecule has 3 nitrogen and oxygen atoms in total. The van der Waals surface area contributed by atoms with Crippen LogP contribution in [-0.4, -0.2) is 22.6 Å². The molecule has 1 aliphatic rings. The molecule has 0 bridgehead atoms. The molecular formula is C10H15N3. The minimum Gasteiger partial charge on any atom is -0.354 e. The van der Waals surface area contributed by atoms with Crippen LogP contribution in [0, 0.1) is 0 Å². The van der Waals surface area contributed by atoms with Crippen molar-refractivity contribution < 1.29 is 0 Å². The third kappa shape index (κ3) is 1.50. The van der Waals surface area contributed by atoms with E-state index in [4.69, 9.17) is 0 Å². The zero-order chi connectivity index (χ0) is 9.26. The molecule has 70 valence electrons. The average molecular weight is 177 g/mol. The molecule has 0 radical (unpaired) electrons. The van der Waals surface area contributed by atoms with Gasteiger partial charge in [0.15, 0.2) is 0 Å². The van der Waals surface area contributed by atoms with Crippen LogP contribution in [0.1, 0.15) is 26.0 Å². The van der Waals surface area contributed by atoms with Crippen LogP contribution in [0.15, 0.2) is 12.4 Å². The van der Waals surface area contributed by atoms with Crippen LogP contribution in [0.5, 0.6) is 0 Å². The summed E-state index contributed by atoms with van der Waals surface area (Å²) in [4.78, 5) is 10.8. The summed E-state index contributed by atoms with van der Waals surface area (Å²) in [6, 6.07) is 2.75. The number of nitrogens with zero attached hydrogens (tertiary/aromatic N) is 3. The molecule has 1 aliphatic heterocycles. The summed E-state index contributed by atoms with van der Waals surface area (Å²) in [5.41, 5.74) is 1.13. The Hall–Kier alpha value is -1.12. The van der Waals surface area contributed by atoms with Crippen molar-refractivity contribution in [3.8, 4) is 0 Å². The van der Waals surface area contributed by atoms with Gasteiger partial charge in [-0.05, 0) is 19.8 Å². The first-order valence-electron chi connectivity index (χ1n) is 4.89. The van der Waals surface area contributed by atoms with Gasteiger partial charge in [0.2, 0.25) is 0 Å². The van der Waals surface area contributed by atoms with E-state index in [2.05, 4.69) is 34.8 Å². The van der Waals surface area contributed by atoms with Crippen LogP contribution in [0.25, 0.3) is 0 Å². The summed E-state index contributed by atoms with van der Waals surface area (Å²) in [7, 11) is 0. The van der Waals surface area contributed by atoms with E-state index >= 15 is 0 Å². The van der Waals surface area contributed by atoms with Gasteiger partial charge >= 0.3 is 0 Å². The third-order valence-corrected chi connectivity index (χ3v) is 2.69. The van der Waals surface area contributed by atoms with Crippen molar-refractivity contribution in [3.63, 3.8) is 0 Å². The molecule has 13 heavy (non-hydrogen) atoms. The monoisotopic (exact) mass is 177 g/mol. The van der Waals surface area contributed by atoms with E-state index in [1.54, 1.807) is 6.33 Å². The van der Waals surface area contributed by atoms with Crippen LogP contribution < -0.4 is 4.90 Å². The smallest absolute Gasteiger partial charge is 0.132 e. The Morgan fingerprint density at radius 3 is 2.92 bits per heavy atom. The number of aryl methyl sites for hydroxylation is 1. The van der Waals surface area contributed by atoms with E-state index in [1.807, 2.05) is 0 Å². The molecule has 1 aromatic heterocycles. The van der Waals surface area contributed by atoms with E-state index in [1.165, 1.54) is 6.42 Å². The van der Waals surface area contributed by atoms with Crippen LogP contribution in [-0.2, 0) is 6.42 Å². The summed E-state index contributed by atoms with van der Waals surface area (Å²) < 4.78 is 0. The molecule has 1 atom stereocenters. The van der Waals surface area contributed by atoms with Crippen LogP contribution >= 0.6 is 0 Å². The van der Waals surface area contributed by atoms with Gasteiger partial charge in [0.05, 0.1) is 0 Å². The predicted octanol–water partition coefficient (Wildman–Crippen LogP) is 1.64. The molecule has 0 N–H and O–H groups in total. The summed E-state index contributed by atoms with van der Waals surface area (Å²) in [5, 5.41) is 0. The molecule has 2 rings (SSSR count). The first-order chi connectivity index (χ1) is 6.31. The molecule has 1 fully saturated rings. The Morgan fingerprint density at radius 1 is 1.54 bits per heavy atom. The highest BCUT2D eigenvalue weighted by Gasteiger charge is 2.24. The lowest BCUT2D eigenvalue weighted by Crippen LogP contribution is -2.46. The van der Waals surface area contributed by atoms with E-state index in [-0.39, 0.29) is 0 Å². The third-order valence-electron chi connectivity index (χ3n) is 2.69. The fraction of sp³-hybridized carbons (Fsp3) is 0.600. The number of hydrogen-bond donors (Lipinski definition) is 0. The van der Waals surface area contributed by atoms with Gasteiger partial charge in [-0.25, -0.2) is 9.97 Å². The van der Waals surface area contributed by atoms with Crippen molar-refractivity contribution >= 4 is 5.82 Å². The van der Waals surface area contributed by atoms with Gasteiger partial charge in [-0.15, -0.1) is 0 Å². The van der Waals surface area contributed by atoms with Crippen molar-refractivity contribution in [2.45, 2.75) is 32.7 Å². The summed E-state index contributed by atoms with van der Waals surface area (Å²) in [6.45, 7) is 5.49. The Morgan fingerprint density at radius 2 is 2.38 bits per heavy atom. The number of hydrogen-bond acceptors (Lipinski definition) is 3. The van der Waals surface area contributed by atoms with Crippen molar-refractivity contribution in [1.29, 1.82) is 0 Å². The fourth-order valence-corrected chi connectivity index (χ4v) is 1.59. The van der Waals surface area contributed by atoms with Gasteiger partial charge in [-0.1, -0.05) is 6.92 Å². The maximum absolute atomic E-state index is 4.27. The molecule has 1 unspecified atom stereocenters. The lowest BCUT2D eigenvalue weighted by atomic mass is 10.1. The zero-order valence-electron chi connectivity index (χ0n) is 8.20.